The largest absolute Gasteiger partial charge is 0.505 e. The van der Waals surface area contributed by atoms with Crippen LogP contribution < -0.4 is 19.1 Å². The number of ether oxygens (including phenoxy) is 4. The first-order chi connectivity index (χ1) is 16.6. The predicted octanol–water partition coefficient (Wildman–Crippen LogP) is 4.04. The molecule has 0 bridgehead atoms. The number of halogens is 1. The molecule has 0 spiro atoms. The Bertz CT molecular complexity index is 1080. The average Bonchev–Trinajstić information content (AvgIpc) is 2.85. The normalized spacial score (nSPS) is 20.3. The van der Waals surface area contributed by atoms with Gasteiger partial charge in [-0.1, -0.05) is 10.7 Å². The Balaban J connectivity index is 1.99. The first-order valence-electron chi connectivity index (χ1n) is 10.7. The molecule has 0 heterocycles. The van der Waals surface area contributed by atoms with E-state index in [1.165, 1.54) is 33.5 Å². The molecule has 1 fully saturated rings. The van der Waals surface area contributed by atoms with Gasteiger partial charge in [0.15, 0.2) is 23.1 Å². The first kappa shape index (κ1) is 26.9. The molecule has 35 heavy (non-hydrogen) atoms. The zero-order valence-electron chi connectivity index (χ0n) is 19.7. The molecule has 1 aliphatic carbocycles. The first-order valence-corrected chi connectivity index (χ1v) is 12.2. The number of Topliss-reactive ketones (excluding diaryl/α,β-unsaturated/α-hetero) is 1. The number of methoxy groups -OCH3 is 4. The zero-order chi connectivity index (χ0) is 25.8. The summed E-state index contributed by atoms with van der Waals surface area (Å²) in [6.07, 6.45) is 1.46. The molecule has 12 heteroatoms. The molecule has 1 saturated carbocycles. The lowest BCUT2D eigenvalue weighted by Crippen LogP contribution is -2.32. The van der Waals surface area contributed by atoms with Gasteiger partial charge in [-0.25, -0.2) is 8.96 Å². The van der Waals surface area contributed by atoms with Crippen molar-refractivity contribution in [2.24, 2.45) is 5.92 Å². The van der Waals surface area contributed by atoms with Crippen LogP contribution in [0.1, 0.15) is 41.1 Å². The fourth-order valence-corrected chi connectivity index (χ4v) is 4.55. The Hall–Kier alpha value is -2.69. The van der Waals surface area contributed by atoms with Crippen LogP contribution in [-0.4, -0.2) is 50.1 Å². The summed E-state index contributed by atoms with van der Waals surface area (Å²) in [6, 6.07) is 7.01. The maximum absolute atomic E-state index is 14.2. The van der Waals surface area contributed by atoms with Crippen molar-refractivity contribution in [1.29, 1.82) is 0 Å². The monoisotopic (exact) mass is 514 g/mol. The molecule has 2 N–H and O–H groups in total. The summed E-state index contributed by atoms with van der Waals surface area (Å²) in [7, 11) is 0.958. The third kappa shape index (κ3) is 6.31. The summed E-state index contributed by atoms with van der Waals surface area (Å²) >= 11 is 0. The van der Waals surface area contributed by atoms with E-state index in [9.17, 15) is 13.8 Å². The minimum Gasteiger partial charge on any atom is -0.493 e. The smallest absolute Gasteiger partial charge is 0.493 e. The fraction of sp³-hybridized carbons (Fsp3) is 0.435. The summed E-state index contributed by atoms with van der Waals surface area (Å²) in [4.78, 5) is 36.0. The third-order valence-corrected chi connectivity index (χ3v) is 6.30. The second-order valence-corrected chi connectivity index (χ2v) is 9.13. The Morgan fingerprint density at radius 1 is 0.971 bits per heavy atom. The van der Waals surface area contributed by atoms with Gasteiger partial charge in [-0.2, -0.15) is 0 Å². The Kier molecular flexibility index (Phi) is 8.74. The molecule has 192 valence electrons. The fourth-order valence-electron chi connectivity index (χ4n) is 4.37. The van der Waals surface area contributed by atoms with E-state index < -0.39 is 31.2 Å². The maximum atomic E-state index is 14.2. The molecule has 1 aliphatic rings. The SMILES string of the molecule is COc1cc(C(=O)C2CCC(OC)CC2c2ccc(F)c(OOP(=O)(O)O)c2)cc(OC)c1OC. The highest BCUT2D eigenvalue weighted by Crippen LogP contribution is 2.45. The van der Waals surface area contributed by atoms with Crippen molar-refractivity contribution < 1.29 is 52.0 Å². The van der Waals surface area contributed by atoms with Crippen molar-refractivity contribution >= 4 is 13.6 Å². The second kappa shape index (κ2) is 11.4. The van der Waals surface area contributed by atoms with Crippen molar-refractivity contribution in [3.05, 3.63) is 47.3 Å². The van der Waals surface area contributed by atoms with Gasteiger partial charge in [-0.05, 0) is 55.0 Å². The van der Waals surface area contributed by atoms with E-state index in [4.69, 9.17) is 28.7 Å². The number of carbonyl (C=O) groups excluding carboxylic acids is 1. The van der Waals surface area contributed by atoms with Gasteiger partial charge in [0, 0.05) is 18.6 Å². The number of benzene rings is 2. The highest BCUT2D eigenvalue weighted by atomic mass is 31.2. The van der Waals surface area contributed by atoms with Gasteiger partial charge in [-0.15, -0.1) is 0 Å². The van der Waals surface area contributed by atoms with E-state index in [0.717, 1.165) is 6.07 Å². The van der Waals surface area contributed by atoms with E-state index >= 15 is 0 Å². The number of hydrogen-bond acceptors (Lipinski definition) is 8. The van der Waals surface area contributed by atoms with Gasteiger partial charge in [-0.3, -0.25) is 4.79 Å². The molecule has 3 unspecified atom stereocenters. The summed E-state index contributed by atoms with van der Waals surface area (Å²) in [5.74, 6) is -1.45. The molecule has 3 rings (SSSR count). The van der Waals surface area contributed by atoms with Crippen LogP contribution in [0.5, 0.6) is 23.0 Å². The van der Waals surface area contributed by atoms with E-state index in [-0.39, 0.29) is 11.9 Å². The van der Waals surface area contributed by atoms with Crippen molar-refractivity contribution in [2.45, 2.75) is 31.3 Å². The average molecular weight is 514 g/mol. The summed E-state index contributed by atoms with van der Waals surface area (Å²) in [5.41, 5.74) is 0.886. The van der Waals surface area contributed by atoms with Crippen LogP contribution in [0.3, 0.4) is 0 Å². The molecule has 3 atom stereocenters. The van der Waals surface area contributed by atoms with Gasteiger partial charge < -0.3 is 33.6 Å². The third-order valence-electron chi connectivity index (χ3n) is 6.03. The zero-order valence-corrected chi connectivity index (χ0v) is 20.6. The van der Waals surface area contributed by atoms with Crippen LogP contribution in [-0.2, 0) is 14.0 Å². The topological polar surface area (TPSA) is 130 Å². The number of hydrogen-bond donors (Lipinski definition) is 2. The molecule has 0 radical (unpaired) electrons. The van der Waals surface area contributed by atoms with Crippen molar-refractivity contribution in [3.8, 4) is 23.0 Å². The molecule has 0 aliphatic heterocycles. The van der Waals surface area contributed by atoms with E-state index in [1.54, 1.807) is 19.2 Å². The van der Waals surface area contributed by atoms with Crippen LogP contribution in [0.25, 0.3) is 0 Å². The molecule has 2 aromatic rings. The molecule has 0 aromatic heterocycles. The van der Waals surface area contributed by atoms with Crippen LogP contribution in [0.4, 0.5) is 4.39 Å². The van der Waals surface area contributed by atoms with Crippen molar-refractivity contribution in [2.75, 3.05) is 28.4 Å². The molecular weight excluding hydrogens is 486 g/mol. The summed E-state index contributed by atoms with van der Waals surface area (Å²) < 4.78 is 50.8. The minimum atomic E-state index is -5.00. The minimum absolute atomic E-state index is 0.134. The molecule has 0 saturated heterocycles. The van der Waals surface area contributed by atoms with Crippen LogP contribution in [0.15, 0.2) is 30.3 Å². The number of rotatable bonds is 10. The van der Waals surface area contributed by atoms with E-state index in [1.807, 2.05) is 0 Å². The van der Waals surface area contributed by atoms with E-state index in [0.29, 0.717) is 47.6 Å². The molecule has 0 amide bonds. The summed E-state index contributed by atoms with van der Waals surface area (Å²) in [5, 5.41) is 0. The van der Waals surface area contributed by atoms with Gasteiger partial charge in [0.1, 0.15) is 0 Å². The standard InChI is InChI=1S/C23H28FO10P/c1-29-15-6-7-16(22(25)14-10-20(30-2)23(32-4)21(11-14)31-3)17(12-15)13-5-8-18(24)19(9-13)33-34-35(26,27)28/h5,8-11,15-17H,6-7,12H2,1-4H3,(H2,26,27,28). The summed E-state index contributed by atoms with van der Waals surface area (Å²) in [6.45, 7) is 0. The van der Waals surface area contributed by atoms with E-state index in [2.05, 4.69) is 9.56 Å². The highest BCUT2D eigenvalue weighted by Gasteiger charge is 2.37. The maximum Gasteiger partial charge on any atom is 0.505 e. The van der Waals surface area contributed by atoms with Crippen LogP contribution in [0, 0.1) is 11.7 Å². The quantitative estimate of drug-likeness (QED) is 0.207. The Morgan fingerprint density at radius 2 is 1.63 bits per heavy atom. The number of phosphoric acid groups is 1. The second-order valence-electron chi connectivity index (χ2n) is 8.00. The van der Waals surface area contributed by atoms with Crippen molar-refractivity contribution in [1.82, 2.24) is 0 Å². The van der Waals surface area contributed by atoms with Gasteiger partial charge in [0.05, 0.1) is 27.4 Å². The molecule has 10 nitrogen and oxygen atoms in total. The van der Waals surface area contributed by atoms with Gasteiger partial charge in [0.2, 0.25) is 11.5 Å². The highest BCUT2D eigenvalue weighted by molar-refractivity contribution is 7.46. The van der Waals surface area contributed by atoms with Gasteiger partial charge >= 0.3 is 7.82 Å². The Morgan fingerprint density at radius 3 is 2.17 bits per heavy atom. The van der Waals surface area contributed by atoms with Crippen LogP contribution >= 0.6 is 7.82 Å². The number of ketones is 1. The van der Waals surface area contributed by atoms with Crippen LogP contribution in [0.2, 0.25) is 0 Å². The molecule has 2 aromatic carbocycles. The Labute approximate surface area is 202 Å². The lowest BCUT2D eigenvalue weighted by atomic mass is 9.71. The van der Waals surface area contributed by atoms with Gasteiger partial charge in [0.25, 0.3) is 0 Å². The predicted molar refractivity (Wildman–Crippen MR) is 121 cm³/mol. The lowest BCUT2D eigenvalue weighted by Gasteiger charge is -2.35. The number of carbonyl (C=O) groups is 1. The molecular formula is C23H28FO10P. The van der Waals surface area contributed by atoms with Crippen molar-refractivity contribution in [3.63, 3.8) is 0 Å². The lowest BCUT2D eigenvalue weighted by molar-refractivity contribution is -0.125.